The maximum atomic E-state index is 11.8. The van der Waals surface area contributed by atoms with Crippen molar-refractivity contribution in [2.24, 2.45) is 0 Å². The molecule has 0 N–H and O–H groups in total. The van der Waals surface area contributed by atoms with Gasteiger partial charge in [-0.3, -0.25) is 19.4 Å². The molecule has 0 bridgehead atoms. The van der Waals surface area contributed by atoms with Gasteiger partial charge in [0.05, 0.1) is 0 Å². The molecule has 0 saturated carbocycles. The molecule has 4 atom stereocenters. The maximum absolute atomic E-state index is 11.8. The molecule has 1 aromatic carbocycles. The highest BCUT2D eigenvalue weighted by molar-refractivity contribution is 7.99. The fourth-order valence-electron chi connectivity index (χ4n) is 3.41. The van der Waals surface area contributed by atoms with Gasteiger partial charge in [0.25, 0.3) is 0 Å². The van der Waals surface area contributed by atoms with E-state index in [0.29, 0.717) is 11.5 Å². The standard InChI is InChI=1S/C23H25NO7S/c1-13-8-18(11-24-10-13)17-6-5-7-19(9-17)31-23-22(30-16(4)27)21(29-15(3)26)20(12-32-23)28-14(2)25/h5-11,20-23H,12H2,1-4H3/t20-,21+,22-,23+/m1/s1. The highest BCUT2D eigenvalue weighted by atomic mass is 32.2. The van der Waals surface area contributed by atoms with Crippen LogP contribution in [-0.2, 0) is 28.6 Å². The van der Waals surface area contributed by atoms with Crippen LogP contribution in [0.4, 0.5) is 0 Å². The molecule has 1 saturated heterocycles. The number of carbonyl (C=O) groups excluding carboxylic acids is 3. The van der Waals surface area contributed by atoms with Crippen molar-refractivity contribution in [2.75, 3.05) is 5.75 Å². The number of pyridine rings is 1. The van der Waals surface area contributed by atoms with E-state index in [1.54, 1.807) is 18.5 Å². The van der Waals surface area contributed by atoms with Gasteiger partial charge >= 0.3 is 17.9 Å². The number of nitrogens with zero attached hydrogens (tertiary/aromatic N) is 1. The summed E-state index contributed by atoms with van der Waals surface area (Å²) in [5.41, 5.74) is 2.21. The molecule has 8 nitrogen and oxygen atoms in total. The van der Waals surface area contributed by atoms with Gasteiger partial charge in [0.2, 0.25) is 0 Å². The Bertz CT molecular complexity index is 996. The van der Waals surface area contributed by atoms with Gasteiger partial charge in [-0.25, -0.2) is 0 Å². The molecule has 9 heteroatoms. The number of thioether (sulfide) groups is 1. The molecule has 1 aromatic heterocycles. The summed E-state index contributed by atoms with van der Waals surface area (Å²) in [5.74, 6) is -0.811. The second-order valence-electron chi connectivity index (χ2n) is 7.39. The van der Waals surface area contributed by atoms with Gasteiger partial charge < -0.3 is 18.9 Å². The highest BCUT2D eigenvalue weighted by Gasteiger charge is 2.47. The summed E-state index contributed by atoms with van der Waals surface area (Å²) in [7, 11) is 0. The fraction of sp³-hybridized carbons (Fsp3) is 0.391. The van der Waals surface area contributed by atoms with E-state index in [9.17, 15) is 14.4 Å². The molecule has 1 aliphatic heterocycles. The molecule has 2 heterocycles. The minimum absolute atomic E-state index is 0.307. The first-order valence-corrected chi connectivity index (χ1v) is 11.1. The lowest BCUT2D eigenvalue weighted by Crippen LogP contribution is -2.55. The van der Waals surface area contributed by atoms with Crippen molar-refractivity contribution in [1.29, 1.82) is 0 Å². The van der Waals surface area contributed by atoms with Crippen LogP contribution in [-0.4, -0.2) is 52.4 Å². The predicted molar refractivity (Wildman–Crippen MR) is 118 cm³/mol. The molecule has 1 aliphatic rings. The van der Waals surface area contributed by atoms with E-state index in [-0.39, 0.29) is 0 Å². The molecule has 2 aromatic rings. The number of esters is 3. The van der Waals surface area contributed by atoms with Crippen molar-refractivity contribution in [3.63, 3.8) is 0 Å². The maximum Gasteiger partial charge on any atom is 0.303 e. The fourth-order valence-corrected chi connectivity index (χ4v) is 4.62. The average Bonchev–Trinajstić information content (AvgIpc) is 2.71. The van der Waals surface area contributed by atoms with Crippen molar-refractivity contribution in [3.8, 4) is 16.9 Å². The molecule has 0 radical (unpaired) electrons. The van der Waals surface area contributed by atoms with Crippen LogP contribution in [0.2, 0.25) is 0 Å². The molecular weight excluding hydrogens is 434 g/mol. The van der Waals surface area contributed by atoms with Gasteiger partial charge in [-0.2, -0.15) is 0 Å². The Morgan fingerprint density at radius 3 is 2.25 bits per heavy atom. The van der Waals surface area contributed by atoms with Crippen LogP contribution in [0.1, 0.15) is 26.3 Å². The van der Waals surface area contributed by atoms with E-state index in [0.717, 1.165) is 16.7 Å². The zero-order chi connectivity index (χ0) is 23.3. The first-order chi connectivity index (χ1) is 15.2. The quantitative estimate of drug-likeness (QED) is 0.476. The van der Waals surface area contributed by atoms with Gasteiger partial charge in [-0.05, 0) is 36.2 Å². The van der Waals surface area contributed by atoms with E-state index >= 15 is 0 Å². The van der Waals surface area contributed by atoms with Gasteiger partial charge in [0.1, 0.15) is 5.75 Å². The molecule has 0 unspecified atom stereocenters. The van der Waals surface area contributed by atoms with E-state index in [1.807, 2.05) is 31.2 Å². The summed E-state index contributed by atoms with van der Waals surface area (Å²) in [4.78, 5) is 39.3. The number of benzene rings is 1. The van der Waals surface area contributed by atoms with Crippen LogP contribution in [0, 0.1) is 6.92 Å². The predicted octanol–water partition coefficient (Wildman–Crippen LogP) is 3.30. The summed E-state index contributed by atoms with van der Waals surface area (Å²) in [5, 5.41) is 0. The van der Waals surface area contributed by atoms with Crippen LogP contribution < -0.4 is 4.74 Å². The molecule has 170 valence electrons. The molecule has 0 aliphatic carbocycles. The van der Waals surface area contributed by atoms with Crippen molar-refractivity contribution in [2.45, 2.75) is 51.4 Å². The summed E-state index contributed by atoms with van der Waals surface area (Å²) in [6.07, 6.45) is 0.819. The van der Waals surface area contributed by atoms with Crippen LogP contribution in [0.3, 0.4) is 0 Å². The lowest BCUT2D eigenvalue weighted by Gasteiger charge is -2.39. The van der Waals surface area contributed by atoms with Crippen LogP contribution in [0.15, 0.2) is 42.7 Å². The van der Waals surface area contributed by atoms with Gasteiger partial charge in [0, 0.05) is 44.5 Å². The van der Waals surface area contributed by atoms with Gasteiger partial charge in [0.15, 0.2) is 23.7 Å². The van der Waals surface area contributed by atoms with Crippen molar-refractivity contribution < 1.29 is 33.3 Å². The summed E-state index contributed by atoms with van der Waals surface area (Å²) in [6.45, 7) is 5.73. The van der Waals surface area contributed by atoms with E-state index in [2.05, 4.69) is 4.98 Å². The normalized spacial score (nSPS) is 22.5. The number of hydrogen-bond acceptors (Lipinski definition) is 9. The minimum atomic E-state index is -0.990. The van der Waals surface area contributed by atoms with E-state index in [1.165, 1.54) is 32.5 Å². The number of ether oxygens (including phenoxy) is 4. The number of aryl methyl sites for hydroxylation is 1. The van der Waals surface area contributed by atoms with Crippen LogP contribution >= 0.6 is 11.8 Å². The van der Waals surface area contributed by atoms with Gasteiger partial charge in [-0.15, -0.1) is 11.8 Å². The first kappa shape index (κ1) is 23.6. The Hall–Kier alpha value is -3.07. The zero-order valence-corrected chi connectivity index (χ0v) is 19.1. The number of carbonyl (C=O) groups is 3. The zero-order valence-electron chi connectivity index (χ0n) is 18.3. The first-order valence-electron chi connectivity index (χ1n) is 10.0. The largest absolute Gasteiger partial charge is 0.476 e. The SMILES string of the molecule is CC(=O)O[C@@H]1[C@@H](OC(C)=O)[C@@H](Oc2cccc(-c3cncc(C)c3)c2)SC[C@H]1OC(C)=O. The molecule has 1 fully saturated rings. The summed E-state index contributed by atoms with van der Waals surface area (Å²) >= 11 is 1.31. The molecule has 0 amide bonds. The Kier molecular flexibility index (Phi) is 7.74. The topological polar surface area (TPSA) is 101 Å². The molecule has 32 heavy (non-hydrogen) atoms. The number of aromatic nitrogens is 1. The Morgan fingerprint density at radius 1 is 0.906 bits per heavy atom. The Morgan fingerprint density at radius 2 is 1.59 bits per heavy atom. The Labute approximate surface area is 190 Å². The lowest BCUT2D eigenvalue weighted by atomic mass is 10.1. The lowest BCUT2D eigenvalue weighted by molar-refractivity contribution is -0.186. The Balaban J connectivity index is 1.87. The van der Waals surface area contributed by atoms with Crippen molar-refractivity contribution in [1.82, 2.24) is 4.98 Å². The van der Waals surface area contributed by atoms with Crippen LogP contribution in [0.25, 0.3) is 11.1 Å². The second-order valence-corrected chi connectivity index (χ2v) is 8.53. The average molecular weight is 460 g/mol. The van der Waals surface area contributed by atoms with Crippen molar-refractivity contribution >= 4 is 29.7 Å². The third kappa shape index (κ3) is 6.23. The molecule has 0 spiro atoms. The minimum Gasteiger partial charge on any atom is -0.476 e. The number of rotatable bonds is 6. The number of hydrogen-bond donors (Lipinski definition) is 0. The third-order valence-electron chi connectivity index (χ3n) is 4.60. The smallest absolute Gasteiger partial charge is 0.303 e. The second kappa shape index (κ2) is 10.5. The highest BCUT2D eigenvalue weighted by Crippen LogP contribution is 2.35. The molecular formula is C23H25NO7S. The van der Waals surface area contributed by atoms with Crippen LogP contribution in [0.5, 0.6) is 5.75 Å². The van der Waals surface area contributed by atoms with Gasteiger partial charge in [-0.1, -0.05) is 12.1 Å². The third-order valence-corrected chi connectivity index (χ3v) is 5.81. The monoisotopic (exact) mass is 459 g/mol. The van der Waals surface area contributed by atoms with Crippen molar-refractivity contribution in [3.05, 3.63) is 48.3 Å². The van der Waals surface area contributed by atoms with E-state index < -0.39 is 41.7 Å². The molecule has 3 rings (SSSR count). The summed E-state index contributed by atoms with van der Waals surface area (Å²) < 4.78 is 22.3. The van der Waals surface area contributed by atoms with E-state index in [4.69, 9.17) is 18.9 Å². The summed E-state index contributed by atoms with van der Waals surface area (Å²) in [6, 6.07) is 9.47.